The Morgan fingerprint density at radius 1 is 1.13 bits per heavy atom. The summed E-state index contributed by atoms with van der Waals surface area (Å²) in [6, 6.07) is 9.07. The molecule has 2 rings (SSSR count). The van der Waals surface area contributed by atoms with Crippen molar-refractivity contribution in [3.63, 3.8) is 0 Å². The first-order valence-corrected chi connectivity index (χ1v) is 12.2. The Hall–Kier alpha value is -2.10. The molecule has 0 aliphatic carbocycles. The number of aryl methyl sites for hydroxylation is 1. The molecule has 31 heavy (non-hydrogen) atoms. The number of carbonyl (C=O) groups is 1. The maximum Gasteiger partial charge on any atom is 0.244 e. The molecule has 3 atom stereocenters. The van der Waals surface area contributed by atoms with E-state index in [2.05, 4.69) is 93.7 Å². The fraction of sp³-hybridized carbons (Fsp3) is 0.630. The lowest BCUT2D eigenvalue weighted by molar-refractivity contribution is -0.687. The van der Waals surface area contributed by atoms with Crippen LogP contribution in [0, 0.1) is 17.3 Å². The molecule has 0 bridgehead atoms. The number of aromatic nitrogens is 2. The molecule has 3 unspecified atom stereocenters. The number of nitrogens with two attached hydrogens (primary N) is 1. The number of hydrogen-bond donors (Lipinski definition) is 1. The average molecular weight is 427 g/mol. The molecule has 0 spiro atoms. The number of unbranched alkanes of at least 4 members (excludes halogenated alkanes) is 1. The first kappa shape index (κ1) is 25.2. The minimum Gasteiger partial charge on any atom is -0.369 e. The van der Waals surface area contributed by atoms with Gasteiger partial charge in [-0.15, -0.1) is 0 Å². The Labute approximate surface area is 189 Å². The lowest BCUT2D eigenvalue weighted by Gasteiger charge is -2.42. The van der Waals surface area contributed by atoms with E-state index in [4.69, 9.17) is 5.73 Å². The van der Waals surface area contributed by atoms with Crippen LogP contribution in [0.3, 0.4) is 0 Å². The van der Waals surface area contributed by atoms with Crippen molar-refractivity contribution in [1.82, 2.24) is 4.57 Å². The fourth-order valence-corrected chi connectivity index (χ4v) is 4.97. The number of carbonyl (C=O) groups excluding carboxylic acids is 1. The van der Waals surface area contributed by atoms with Gasteiger partial charge in [0.05, 0.1) is 6.54 Å². The van der Waals surface area contributed by atoms with Gasteiger partial charge >= 0.3 is 0 Å². The molecule has 2 aromatic rings. The number of imidazole rings is 1. The summed E-state index contributed by atoms with van der Waals surface area (Å²) in [7, 11) is 0. The molecule has 1 amide bonds. The molecule has 0 aliphatic rings. The maximum absolute atomic E-state index is 12.2. The Bertz CT molecular complexity index is 806. The number of benzene rings is 1. The van der Waals surface area contributed by atoms with Gasteiger partial charge in [0.25, 0.3) is 0 Å². The largest absolute Gasteiger partial charge is 0.369 e. The van der Waals surface area contributed by atoms with E-state index < -0.39 is 0 Å². The molecule has 4 nitrogen and oxygen atoms in total. The lowest BCUT2D eigenvalue weighted by atomic mass is 9.62. The Balaban J connectivity index is 2.13. The summed E-state index contributed by atoms with van der Waals surface area (Å²) < 4.78 is 4.51. The summed E-state index contributed by atoms with van der Waals surface area (Å²) in [5, 5.41) is 0. The molecule has 1 aromatic heterocycles. The molecular formula is C27H44N3O+. The zero-order valence-electron chi connectivity index (χ0n) is 20.6. The van der Waals surface area contributed by atoms with Crippen LogP contribution in [0.2, 0.25) is 0 Å². The van der Waals surface area contributed by atoms with Gasteiger partial charge in [-0.05, 0) is 47.6 Å². The van der Waals surface area contributed by atoms with Gasteiger partial charge in [0.1, 0.15) is 18.9 Å². The normalized spacial score (nSPS) is 14.9. The van der Waals surface area contributed by atoms with E-state index in [0.717, 1.165) is 32.4 Å². The van der Waals surface area contributed by atoms with Gasteiger partial charge in [0.2, 0.25) is 12.2 Å². The Morgan fingerprint density at radius 2 is 1.81 bits per heavy atom. The van der Waals surface area contributed by atoms with Crippen molar-refractivity contribution in [2.75, 3.05) is 0 Å². The zero-order chi connectivity index (χ0) is 23.0. The van der Waals surface area contributed by atoms with Crippen LogP contribution >= 0.6 is 0 Å². The summed E-state index contributed by atoms with van der Waals surface area (Å²) >= 11 is 0. The second-order valence-corrected chi connectivity index (χ2v) is 9.79. The fourth-order valence-electron chi connectivity index (χ4n) is 4.97. The molecule has 0 saturated carbocycles. The molecule has 0 radical (unpaired) electrons. The first-order chi connectivity index (χ1) is 14.7. The van der Waals surface area contributed by atoms with E-state index in [1.165, 1.54) is 24.0 Å². The summed E-state index contributed by atoms with van der Waals surface area (Å²) in [5.74, 6) is 0.515. The van der Waals surface area contributed by atoms with Gasteiger partial charge in [-0.1, -0.05) is 78.6 Å². The third-order valence-corrected chi connectivity index (χ3v) is 7.32. The van der Waals surface area contributed by atoms with E-state index in [0.29, 0.717) is 11.8 Å². The monoisotopic (exact) mass is 426 g/mol. The quantitative estimate of drug-likeness (QED) is 0.412. The molecule has 0 fully saturated rings. The minimum atomic E-state index is -0.160. The third kappa shape index (κ3) is 6.44. The van der Waals surface area contributed by atoms with Gasteiger partial charge in [-0.3, -0.25) is 4.79 Å². The van der Waals surface area contributed by atoms with E-state index in [1.807, 2.05) is 0 Å². The Kier molecular flexibility index (Phi) is 9.33. The summed E-state index contributed by atoms with van der Waals surface area (Å²) in [6.07, 6.45) is 11.8. The van der Waals surface area contributed by atoms with Gasteiger partial charge in [0, 0.05) is 5.92 Å². The molecule has 4 heteroatoms. The standard InChI is InChI=1S/C27H43N3O/c1-7-10-16-29-17-18-30(20-29)19-22-12-14-23(15-13-22)24(9-3)21(4)27(5,6)25(11-8-2)26(28)31/h12-15,17-18,20-21,24-25H,7-11,16,19H2,1-6H3,(H-,28,31)/p+1. The van der Waals surface area contributed by atoms with Crippen LogP contribution in [0.5, 0.6) is 0 Å². The van der Waals surface area contributed by atoms with Crippen LogP contribution in [0.4, 0.5) is 0 Å². The van der Waals surface area contributed by atoms with Gasteiger partial charge in [-0.25, -0.2) is 9.13 Å². The van der Waals surface area contributed by atoms with E-state index in [1.54, 1.807) is 0 Å². The highest BCUT2D eigenvalue weighted by Gasteiger charge is 2.40. The second-order valence-electron chi connectivity index (χ2n) is 9.79. The summed E-state index contributed by atoms with van der Waals surface area (Å²) in [4.78, 5) is 12.2. The lowest BCUT2D eigenvalue weighted by Crippen LogP contribution is -2.41. The van der Waals surface area contributed by atoms with Crippen molar-refractivity contribution in [2.45, 2.75) is 92.7 Å². The van der Waals surface area contributed by atoms with E-state index >= 15 is 0 Å². The molecule has 172 valence electrons. The molecule has 0 aliphatic heterocycles. The highest BCUT2D eigenvalue weighted by Crippen LogP contribution is 2.45. The van der Waals surface area contributed by atoms with Crippen LogP contribution in [-0.4, -0.2) is 10.5 Å². The van der Waals surface area contributed by atoms with Gasteiger partial charge in [0.15, 0.2) is 0 Å². The predicted octanol–water partition coefficient (Wildman–Crippen LogP) is 5.68. The highest BCUT2D eigenvalue weighted by atomic mass is 16.1. The minimum absolute atomic E-state index is 0.0889. The molecular weight excluding hydrogens is 382 g/mol. The molecule has 1 aromatic carbocycles. The van der Waals surface area contributed by atoms with Crippen molar-refractivity contribution >= 4 is 5.91 Å². The topological polar surface area (TPSA) is 51.9 Å². The average Bonchev–Trinajstić information content (AvgIpc) is 3.18. The van der Waals surface area contributed by atoms with E-state index in [9.17, 15) is 4.79 Å². The van der Waals surface area contributed by atoms with Crippen LogP contribution in [-0.2, 0) is 17.9 Å². The third-order valence-electron chi connectivity index (χ3n) is 7.32. The second kappa shape index (κ2) is 11.5. The Morgan fingerprint density at radius 3 is 2.35 bits per heavy atom. The number of amides is 1. The van der Waals surface area contributed by atoms with Gasteiger partial charge < -0.3 is 5.73 Å². The number of primary amides is 1. The van der Waals surface area contributed by atoms with Crippen molar-refractivity contribution < 1.29 is 9.36 Å². The first-order valence-electron chi connectivity index (χ1n) is 12.2. The summed E-state index contributed by atoms with van der Waals surface area (Å²) in [5.41, 5.74) is 8.33. The van der Waals surface area contributed by atoms with Gasteiger partial charge in [-0.2, -0.15) is 0 Å². The SMILES string of the molecule is CCCCn1cc[n+](Cc2ccc(C(CC)C(C)C(C)(C)C(CCC)C(N)=O)cc2)c1. The van der Waals surface area contributed by atoms with Crippen molar-refractivity contribution in [3.05, 3.63) is 54.1 Å². The van der Waals surface area contributed by atoms with Crippen LogP contribution in [0.15, 0.2) is 43.0 Å². The summed E-state index contributed by atoms with van der Waals surface area (Å²) in [6.45, 7) is 15.3. The maximum atomic E-state index is 12.2. The predicted molar refractivity (Wildman–Crippen MR) is 129 cm³/mol. The van der Waals surface area contributed by atoms with Crippen molar-refractivity contribution in [1.29, 1.82) is 0 Å². The molecule has 1 heterocycles. The highest BCUT2D eigenvalue weighted by molar-refractivity contribution is 5.77. The van der Waals surface area contributed by atoms with Crippen molar-refractivity contribution in [3.8, 4) is 0 Å². The van der Waals surface area contributed by atoms with Crippen LogP contribution in [0.25, 0.3) is 0 Å². The number of hydrogen-bond acceptors (Lipinski definition) is 1. The van der Waals surface area contributed by atoms with Crippen LogP contribution in [0.1, 0.15) is 90.7 Å². The number of rotatable bonds is 13. The van der Waals surface area contributed by atoms with E-state index in [-0.39, 0.29) is 17.2 Å². The molecule has 0 saturated heterocycles. The smallest absolute Gasteiger partial charge is 0.244 e. The molecule has 2 N–H and O–H groups in total. The van der Waals surface area contributed by atoms with Crippen LogP contribution < -0.4 is 10.3 Å². The van der Waals surface area contributed by atoms with Crippen molar-refractivity contribution in [2.24, 2.45) is 23.0 Å². The zero-order valence-corrected chi connectivity index (χ0v) is 20.6. The number of nitrogens with zero attached hydrogens (tertiary/aromatic N) is 2.